The summed E-state index contributed by atoms with van der Waals surface area (Å²) in [5.74, 6) is 0. The Bertz CT molecular complexity index is 229. The van der Waals surface area contributed by atoms with Crippen LogP contribution < -0.4 is 0 Å². The molecule has 0 radical (unpaired) electrons. The number of hydrogen-bond donors (Lipinski definition) is 4. The summed E-state index contributed by atoms with van der Waals surface area (Å²) in [5.41, 5.74) is 0.0886. The molecule has 0 amide bonds. The molecular weight excluding hydrogens is 184 g/mol. The lowest BCUT2D eigenvalue weighted by atomic mass is 9.77. The third-order valence-corrected chi connectivity index (χ3v) is 2.74. The smallest absolute Gasteiger partial charge is 0.0933 e. The number of aliphatic hydroxyl groups excluding tert-OH is 3. The van der Waals surface area contributed by atoms with Gasteiger partial charge in [-0.05, 0) is 19.4 Å². The standard InChI is InChI=1S/C10H18O4/c1-6(2)9-7(12)3-10(14,5-11)4-8(9)13/h7-8,11-14H,3-5H2,1-2H3. The molecule has 2 unspecified atom stereocenters. The minimum Gasteiger partial charge on any atom is -0.393 e. The highest BCUT2D eigenvalue weighted by Crippen LogP contribution is 2.33. The monoisotopic (exact) mass is 202 g/mol. The quantitative estimate of drug-likeness (QED) is 0.435. The Hall–Kier alpha value is -0.420. The predicted octanol–water partition coefficient (Wildman–Crippen LogP) is -0.438. The van der Waals surface area contributed by atoms with Gasteiger partial charge in [0, 0.05) is 12.8 Å². The Labute approximate surface area is 83.5 Å². The summed E-state index contributed by atoms with van der Waals surface area (Å²) in [7, 11) is 0. The lowest BCUT2D eigenvalue weighted by Crippen LogP contribution is -2.47. The molecule has 0 aliphatic heterocycles. The zero-order valence-corrected chi connectivity index (χ0v) is 8.56. The number of hydrogen-bond acceptors (Lipinski definition) is 4. The fourth-order valence-electron chi connectivity index (χ4n) is 2.04. The van der Waals surface area contributed by atoms with Crippen molar-refractivity contribution in [1.82, 2.24) is 0 Å². The van der Waals surface area contributed by atoms with Crippen LogP contribution in [0.1, 0.15) is 26.7 Å². The molecule has 82 valence electrons. The summed E-state index contributed by atoms with van der Waals surface area (Å²) < 4.78 is 0. The molecule has 1 rings (SSSR count). The van der Waals surface area contributed by atoms with Crippen molar-refractivity contribution in [3.63, 3.8) is 0 Å². The Kier molecular flexibility index (Phi) is 3.32. The fraction of sp³-hybridized carbons (Fsp3) is 0.800. The summed E-state index contributed by atoms with van der Waals surface area (Å²) >= 11 is 0. The van der Waals surface area contributed by atoms with Gasteiger partial charge in [0.05, 0.1) is 24.4 Å². The topological polar surface area (TPSA) is 80.9 Å². The molecular formula is C10H18O4. The highest BCUT2D eigenvalue weighted by Gasteiger charge is 2.40. The van der Waals surface area contributed by atoms with E-state index in [0.717, 1.165) is 5.57 Å². The van der Waals surface area contributed by atoms with E-state index in [1.54, 1.807) is 0 Å². The molecule has 0 aromatic carbocycles. The second-order valence-corrected chi connectivity index (χ2v) is 4.28. The fourth-order valence-corrected chi connectivity index (χ4v) is 2.04. The summed E-state index contributed by atoms with van der Waals surface area (Å²) in [6.45, 7) is 3.19. The SMILES string of the molecule is CC(C)=C1C(O)CC(O)(CO)CC1O. The molecule has 0 aromatic heterocycles. The van der Waals surface area contributed by atoms with Gasteiger partial charge in [0.2, 0.25) is 0 Å². The van der Waals surface area contributed by atoms with Gasteiger partial charge >= 0.3 is 0 Å². The van der Waals surface area contributed by atoms with E-state index in [9.17, 15) is 15.3 Å². The van der Waals surface area contributed by atoms with Crippen LogP contribution in [0.3, 0.4) is 0 Å². The van der Waals surface area contributed by atoms with Crippen molar-refractivity contribution >= 4 is 0 Å². The Balaban J connectivity index is 2.89. The van der Waals surface area contributed by atoms with Crippen LogP contribution in [0, 0.1) is 0 Å². The Morgan fingerprint density at radius 3 is 2.00 bits per heavy atom. The highest BCUT2D eigenvalue weighted by atomic mass is 16.3. The first-order valence-corrected chi connectivity index (χ1v) is 4.76. The van der Waals surface area contributed by atoms with Crippen LogP contribution in [-0.2, 0) is 0 Å². The van der Waals surface area contributed by atoms with Crippen molar-refractivity contribution in [2.24, 2.45) is 0 Å². The third kappa shape index (κ3) is 2.15. The Morgan fingerprint density at radius 1 is 1.29 bits per heavy atom. The molecule has 0 spiro atoms. The second-order valence-electron chi connectivity index (χ2n) is 4.28. The molecule has 1 saturated carbocycles. The van der Waals surface area contributed by atoms with E-state index in [4.69, 9.17) is 5.11 Å². The second kappa shape index (κ2) is 3.98. The lowest BCUT2D eigenvalue weighted by Gasteiger charge is -2.38. The minimum atomic E-state index is -1.35. The average molecular weight is 202 g/mol. The summed E-state index contributed by atoms with van der Waals surface area (Å²) in [6.07, 6.45) is -1.55. The maximum absolute atomic E-state index is 9.73. The molecule has 4 nitrogen and oxygen atoms in total. The molecule has 4 heteroatoms. The zero-order valence-electron chi connectivity index (χ0n) is 8.56. The first kappa shape index (κ1) is 11.7. The molecule has 4 N–H and O–H groups in total. The zero-order chi connectivity index (χ0) is 10.9. The van der Waals surface area contributed by atoms with Gasteiger partial charge < -0.3 is 20.4 Å². The van der Waals surface area contributed by atoms with Crippen LogP contribution in [0.15, 0.2) is 11.1 Å². The number of allylic oxidation sites excluding steroid dienone is 1. The van der Waals surface area contributed by atoms with E-state index in [1.165, 1.54) is 0 Å². The van der Waals surface area contributed by atoms with E-state index in [-0.39, 0.29) is 12.8 Å². The van der Waals surface area contributed by atoms with Crippen LogP contribution in [-0.4, -0.2) is 44.8 Å². The van der Waals surface area contributed by atoms with Crippen molar-refractivity contribution in [3.8, 4) is 0 Å². The largest absolute Gasteiger partial charge is 0.393 e. The minimum absolute atomic E-state index is 0.0844. The molecule has 0 saturated heterocycles. The van der Waals surface area contributed by atoms with Gasteiger partial charge in [0.25, 0.3) is 0 Å². The molecule has 1 fully saturated rings. The third-order valence-electron chi connectivity index (χ3n) is 2.74. The summed E-state index contributed by atoms with van der Waals surface area (Å²) in [6, 6.07) is 0. The van der Waals surface area contributed by atoms with E-state index in [2.05, 4.69) is 0 Å². The first-order chi connectivity index (χ1) is 6.39. The van der Waals surface area contributed by atoms with Gasteiger partial charge in [-0.1, -0.05) is 5.57 Å². The van der Waals surface area contributed by atoms with E-state index in [1.807, 2.05) is 13.8 Å². The maximum Gasteiger partial charge on any atom is 0.0933 e. The molecule has 1 aliphatic rings. The average Bonchev–Trinajstić information content (AvgIpc) is 2.01. The normalized spacial score (nSPS) is 38.6. The summed E-state index contributed by atoms with van der Waals surface area (Å²) in [4.78, 5) is 0. The highest BCUT2D eigenvalue weighted by molar-refractivity contribution is 5.23. The van der Waals surface area contributed by atoms with Crippen molar-refractivity contribution in [2.75, 3.05) is 6.61 Å². The first-order valence-electron chi connectivity index (χ1n) is 4.76. The predicted molar refractivity (Wildman–Crippen MR) is 51.7 cm³/mol. The number of aliphatic hydroxyl groups is 4. The molecule has 0 bridgehead atoms. The van der Waals surface area contributed by atoms with Gasteiger partial charge in [0.15, 0.2) is 0 Å². The van der Waals surface area contributed by atoms with Crippen LogP contribution in [0.5, 0.6) is 0 Å². The molecule has 14 heavy (non-hydrogen) atoms. The van der Waals surface area contributed by atoms with Crippen molar-refractivity contribution in [3.05, 3.63) is 11.1 Å². The Morgan fingerprint density at radius 2 is 1.71 bits per heavy atom. The van der Waals surface area contributed by atoms with Crippen LogP contribution in [0.25, 0.3) is 0 Å². The van der Waals surface area contributed by atoms with Gasteiger partial charge in [-0.15, -0.1) is 0 Å². The van der Waals surface area contributed by atoms with E-state index >= 15 is 0 Å². The van der Waals surface area contributed by atoms with Crippen molar-refractivity contribution < 1.29 is 20.4 Å². The van der Waals surface area contributed by atoms with Gasteiger partial charge in [0.1, 0.15) is 0 Å². The molecule has 2 atom stereocenters. The van der Waals surface area contributed by atoms with Gasteiger partial charge in [-0.25, -0.2) is 0 Å². The number of rotatable bonds is 1. The van der Waals surface area contributed by atoms with Crippen LogP contribution in [0.2, 0.25) is 0 Å². The van der Waals surface area contributed by atoms with Crippen molar-refractivity contribution in [2.45, 2.75) is 44.5 Å². The van der Waals surface area contributed by atoms with Gasteiger partial charge in [-0.3, -0.25) is 0 Å². The summed E-state index contributed by atoms with van der Waals surface area (Å²) in [5, 5.41) is 38.0. The molecule has 0 aromatic rings. The molecule has 0 heterocycles. The molecule has 1 aliphatic carbocycles. The van der Waals surface area contributed by atoms with Crippen molar-refractivity contribution in [1.29, 1.82) is 0 Å². The van der Waals surface area contributed by atoms with Crippen LogP contribution in [0.4, 0.5) is 0 Å². The lowest BCUT2D eigenvalue weighted by molar-refractivity contribution is -0.0905. The van der Waals surface area contributed by atoms with E-state index < -0.39 is 24.4 Å². The maximum atomic E-state index is 9.73. The van der Waals surface area contributed by atoms with E-state index in [0.29, 0.717) is 5.57 Å². The van der Waals surface area contributed by atoms with Gasteiger partial charge in [-0.2, -0.15) is 0 Å². The van der Waals surface area contributed by atoms with Crippen LogP contribution >= 0.6 is 0 Å².